The molecule has 0 saturated heterocycles. The number of allylic oxidation sites excluding steroid dienone is 1. The molecule has 0 bridgehead atoms. The highest BCUT2D eigenvalue weighted by Gasteiger charge is 1.98. The number of ketones is 1. The summed E-state index contributed by atoms with van der Waals surface area (Å²) in [4.78, 5) is 12.0. The second-order valence-electron chi connectivity index (χ2n) is 3.09. The first kappa shape index (κ1) is 5.80. The van der Waals surface area contributed by atoms with Crippen molar-refractivity contribution in [3.8, 4) is 0 Å². The summed E-state index contributed by atoms with van der Waals surface area (Å²) >= 11 is 0. The van der Waals surface area contributed by atoms with Gasteiger partial charge in [0.2, 0.25) is 0 Å². The summed E-state index contributed by atoms with van der Waals surface area (Å²) < 4.78 is 37.9. The Bertz CT molecular complexity index is 737. The number of benzene rings is 2. The van der Waals surface area contributed by atoms with Crippen LogP contribution in [0.3, 0.4) is 0 Å². The lowest BCUT2D eigenvalue weighted by molar-refractivity contribution is 0.104. The quantitative estimate of drug-likeness (QED) is 0.562. The molecular weight excluding hydrogens is 196 g/mol. The predicted molar refractivity (Wildman–Crippen MR) is 66.2 cm³/mol. The maximum Gasteiger partial charge on any atom is 0.185 e. The molecule has 0 aliphatic rings. The van der Waals surface area contributed by atoms with Crippen LogP contribution in [0.5, 0.6) is 0 Å². The minimum atomic E-state index is -0.469. The molecule has 0 radical (unpaired) electrons. The molecule has 0 N–H and O–H groups in total. The van der Waals surface area contributed by atoms with Gasteiger partial charge in [0.25, 0.3) is 0 Å². The fourth-order valence-electron chi connectivity index (χ4n) is 1.17. The minimum Gasteiger partial charge on any atom is -0.289 e. The normalized spacial score (nSPS) is 14.9. The van der Waals surface area contributed by atoms with E-state index in [2.05, 4.69) is 0 Å². The lowest BCUT2D eigenvalue weighted by Crippen LogP contribution is -1.92. The molecule has 0 amide bonds. The highest BCUT2D eigenvalue weighted by molar-refractivity contribution is 6.06. The fraction of sp³-hybridized carbons (Fsp3) is 0. The highest BCUT2D eigenvalue weighted by Crippen LogP contribution is 2.05. The molecule has 0 atom stereocenters. The summed E-state index contributed by atoms with van der Waals surface area (Å²) in [6.45, 7) is 0. The summed E-state index contributed by atoms with van der Waals surface area (Å²) in [5, 5.41) is 0. The molecule has 1 nitrogen and oxygen atoms in total. The Labute approximate surface area is 102 Å². The first-order valence-electron chi connectivity index (χ1n) is 7.27. The van der Waals surface area contributed by atoms with E-state index in [4.69, 9.17) is 6.85 Å². The van der Waals surface area contributed by atoms with Crippen LogP contribution in [0.25, 0.3) is 6.08 Å². The Kier molecular flexibility index (Phi) is 1.84. The van der Waals surface area contributed by atoms with Gasteiger partial charge in [0.05, 0.1) is 6.85 Å². The number of hydrogen-bond acceptors (Lipinski definition) is 1. The Hall–Kier alpha value is -2.15. The van der Waals surface area contributed by atoms with Crippen molar-refractivity contribution in [3.63, 3.8) is 0 Å². The number of carbonyl (C=O) groups is 1. The van der Waals surface area contributed by atoms with Gasteiger partial charge in [0.15, 0.2) is 5.78 Å². The first-order chi connectivity index (χ1) is 9.91. The third kappa shape index (κ3) is 2.67. The van der Waals surface area contributed by atoms with Crippen LogP contribution in [0.4, 0.5) is 0 Å². The highest BCUT2D eigenvalue weighted by atomic mass is 16.1. The van der Waals surface area contributed by atoms with Gasteiger partial charge in [-0.2, -0.15) is 0 Å². The molecule has 2 aromatic carbocycles. The standard InChI is InChI=1S/C15H12O/c16-15(14-9-5-2-6-10-14)12-11-13-7-3-1-4-8-13/h1-12H/i2D,3D,5D,7D,9D. The Morgan fingerprint density at radius 3 is 2.94 bits per heavy atom. The fourth-order valence-corrected chi connectivity index (χ4v) is 1.17. The van der Waals surface area contributed by atoms with Crippen molar-refractivity contribution >= 4 is 11.9 Å². The van der Waals surface area contributed by atoms with Gasteiger partial charge in [-0.25, -0.2) is 0 Å². The zero-order chi connectivity index (χ0) is 15.6. The van der Waals surface area contributed by atoms with E-state index in [9.17, 15) is 4.79 Å². The van der Waals surface area contributed by atoms with Crippen molar-refractivity contribution in [1.29, 1.82) is 0 Å². The zero-order valence-corrected chi connectivity index (χ0v) is 8.45. The van der Waals surface area contributed by atoms with Crippen LogP contribution in [0.15, 0.2) is 66.6 Å². The van der Waals surface area contributed by atoms with E-state index in [0.717, 1.165) is 0 Å². The monoisotopic (exact) mass is 213 g/mol. The van der Waals surface area contributed by atoms with Crippen LogP contribution in [0.1, 0.15) is 22.8 Å². The summed E-state index contributed by atoms with van der Waals surface area (Å²) in [6.07, 6.45) is 2.63. The molecule has 0 aliphatic carbocycles. The summed E-state index contributed by atoms with van der Waals surface area (Å²) in [5.74, 6) is -0.469. The van der Waals surface area contributed by atoms with Crippen molar-refractivity contribution in [2.75, 3.05) is 0 Å². The molecule has 0 spiro atoms. The molecular formula is C15H12O. The largest absolute Gasteiger partial charge is 0.289 e. The van der Waals surface area contributed by atoms with Gasteiger partial charge in [-0.05, 0) is 11.6 Å². The maximum atomic E-state index is 12.0. The zero-order valence-electron chi connectivity index (χ0n) is 13.4. The van der Waals surface area contributed by atoms with Crippen LogP contribution in [0.2, 0.25) is 0 Å². The van der Waals surface area contributed by atoms with E-state index in [1.165, 1.54) is 30.4 Å². The molecule has 0 saturated carbocycles. The summed E-state index contributed by atoms with van der Waals surface area (Å²) in [5.41, 5.74) is 0.478. The third-order valence-electron chi connectivity index (χ3n) is 1.95. The average molecular weight is 213 g/mol. The van der Waals surface area contributed by atoms with Gasteiger partial charge in [0, 0.05) is 5.56 Å². The molecule has 0 unspecified atom stereocenters. The van der Waals surface area contributed by atoms with Crippen molar-refractivity contribution in [2.45, 2.75) is 0 Å². The van der Waals surface area contributed by atoms with Gasteiger partial charge in [0.1, 0.15) is 0 Å². The lowest BCUT2D eigenvalue weighted by atomic mass is 10.1. The molecule has 0 heterocycles. The SMILES string of the molecule is [2H]c1cccc(C=CC(=O)c2ccc([2H])c([2H])c2[2H])c1[2H]. The second-order valence-corrected chi connectivity index (χ2v) is 3.09. The molecule has 0 aliphatic heterocycles. The summed E-state index contributed by atoms with van der Waals surface area (Å²) in [6, 6.07) is 6.80. The summed E-state index contributed by atoms with van der Waals surface area (Å²) in [7, 11) is 0. The molecule has 1 heteroatoms. The Balaban J connectivity index is 2.32. The van der Waals surface area contributed by atoms with Crippen molar-refractivity contribution in [3.05, 3.63) is 77.7 Å². The van der Waals surface area contributed by atoms with Crippen LogP contribution in [-0.4, -0.2) is 5.78 Å². The van der Waals surface area contributed by atoms with Crippen LogP contribution in [-0.2, 0) is 0 Å². The van der Waals surface area contributed by atoms with E-state index in [0.29, 0.717) is 5.56 Å². The van der Waals surface area contributed by atoms with Crippen LogP contribution >= 0.6 is 0 Å². The molecule has 0 fully saturated rings. The van der Waals surface area contributed by atoms with Crippen molar-refractivity contribution in [1.82, 2.24) is 0 Å². The van der Waals surface area contributed by atoms with Gasteiger partial charge >= 0.3 is 0 Å². The topological polar surface area (TPSA) is 17.1 Å². The second kappa shape index (κ2) is 5.08. The third-order valence-corrected chi connectivity index (χ3v) is 1.95. The molecule has 2 rings (SSSR count). The Morgan fingerprint density at radius 1 is 1.06 bits per heavy atom. The number of rotatable bonds is 3. The first-order valence-corrected chi connectivity index (χ1v) is 4.77. The van der Waals surface area contributed by atoms with Crippen LogP contribution < -0.4 is 0 Å². The van der Waals surface area contributed by atoms with Gasteiger partial charge in [-0.15, -0.1) is 0 Å². The van der Waals surface area contributed by atoms with E-state index in [1.807, 2.05) is 0 Å². The number of hydrogen-bond donors (Lipinski definition) is 0. The van der Waals surface area contributed by atoms with Gasteiger partial charge < -0.3 is 0 Å². The van der Waals surface area contributed by atoms with Crippen molar-refractivity contribution < 1.29 is 11.6 Å². The number of carbonyl (C=O) groups excluding carboxylic acids is 1. The predicted octanol–water partition coefficient (Wildman–Crippen LogP) is 3.58. The average Bonchev–Trinajstić information content (AvgIpc) is 2.46. The molecule has 78 valence electrons. The molecule has 16 heavy (non-hydrogen) atoms. The Morgan fingerprint density at radius 2 is 2.00 bits per heavy atom. The van der Waals surface area contributed by atoms with E-state index >= 15 is 0 Å². The minimum absolute atomic E-state index is 0.0235. The van der Waals surface area contributed by atoms with E-state index < -0.39 is 5.78 Å². The van der Waals surface area contributed by atoms with Gasteiger partial charge in [-0.3, -0.25) is 4.79 Å². The van der Waals surface area contributed by atoms with Crippen molar-refractivity contribution in [2.24, 2.45) is 0 Å². The van der Waals surface area contributed by atoms with E-state index in [-0.39, 0.29) is 35.8 Å². The molecule has 0 aromatic heterocycles. The lowest BCUT2D eigenvalue weighted by Gasteiger charge is -1.94. The smallest absolute Gasteiger partial charge is 0.185 e. The van der Waals surface area contributed by atoms with E-state index in [1.54, 1.807) is 12.1 Å². The van der Waals surface area contributed by atoms with Gasteiger partial charge in [-0.1, -0.05) is 66.6 Å². The van der Waals surface area contributed by atoms with Crippen LogP contribution in [0, 0.1) is 0 Å². The maximum absolute atomic E-state index is 12.0. The molecule has 2 aromatic rings.